The molecule has 0 unspecified atom stereocenters. The van der Waals surface area contributed by atoms with Gasteiger partial charge in [-0.1, -0.05) is 25.9 Å². The van der Waals surface area contributed by atoms with Crippen molar-refractivity contribution in [3.8, 4) is 0 Å². The van der Waals surface area contributed by atoms with Crippen LogP contribution in [0.5, 0.6) is 0 Å². The monoisotopic (exact) mass is 290 g/mol. The zero-order chi connectivity index (χ0) is 14.7. The number of aliphatic carboxylic acids is 1. The van der Waals surface area contributed by atoms with Gasteiger partial charge in [0.1, 0.15) is 18.6 Å². The first-order valence-electron chi connectivity index (χ1n) is 5.69. The largest absolute Gasteiger partial charge is 0.480 e. The van der Waals surface area contributed by atoms with E-state index in [1.807, 2.05) is 20.8 Å². The Morgan fingerprint density at radius 2 is 2.11 bits per heavy atom. The Morgan fingerprint density at radius 3 is 2.53 bits per heavy atom. The number of carboxylic acids is 1. The first-order chi connectivity index (χ1) is 8.60. The Labute approximate surface area is 112 Å². The van der Waals surface area contributed by atoms with Gasteiger partial charge in [-0.05, 0) is 5.41 Å². The second-order valence-corrected chi connectivity index (χ2v) is 7.44. The standard InChI is InChI=1S/C11H18N2O5S/c1-11(2,3)8-13(6-10(14)15)19(16,17)7-9-4-5-18-12-9/h4-5H,6-8H2,1-3H3,(H,14,15). The minimum absolute atomic E-state index is 0.124. The normalized spacial score (nSPS) is 12.8. The topological polar surface area (TPSA) is 101 Å². The molecule has 1 aromatic heterocycles. The minimum atomic E-state index is -3.74. The Morgan fingerprint density at radius 1 is 1.47 bits per heavy atom. The lowest BCUT2D eigenvalue weighted by Crippen LogP contribution is -2.41. The zero-order valence-electron chi connectivity index (χ0n) is 11.2. The second kappa shape index (κ2) is 5.70. The van der Waals surface area contributed by atoms with Crippen LogP contribution in [0.4, 0.5) is 0 Å². The van der Waals surface area contributed by atoms with E-state index in [1.54, 1.807) is 0 Å². The number of sulfonamides is 1. The van der Waals surface area contributed by atoms with Crippen molar-refractivity contribution in [2.24, 2.45) is 5.41 Å². The molecule has 0 saturated carbocycles. The van der Waals surface area contributed by atoms with Crippen LogP contribution in [0.3, 0.4) is 0 Å². The highest BCUT2D eigenvalue weighted by Crippen LogP contribution is 2.19. The molecule has 0 spiro atoms. The van der Waals surface area contributed by atoms with E-state index in [9.17, 15) is 13.2 Å². The van der Waals surface area contributed by atoms with Crippen LogP contribution in [-0.2, 0) is 20.6 Å². The second-order valence-electron chi connectivity index (χ2n) is 5.47. The van der Waals surface area contributed by atoms with Gasteiger partial charge in [-0.2, -0.15) is 4.31 Å². The molecule has 0 aliphatic heterocycles. The quantitative estimate of drug-likeness (QED) is 0.836. The summed E-state index contributed by atoms with van der Waals surface area (Å²) in [7, 11) is -3.74. The number of rotatable bonds is 6. The number of carboxylic acid groups (broad SMARTS) is 1. The van der Waals surface area contributed by atoms with Crippen LogP contribution in [0.1, 0.15) is 26.5 Å². The lowest BCUT2D eigenvalue weighted by Gasteiger charge is -2.27. The Hall–Kier alpha value is -1.41. The molecule has 0 aliphatic rings. The first-order valence-corrected chi connectivity index (χ1v) is 7.30. The summed E-state index contributed by atoms with van der Waals surface area (Å²) in [5, 5.41) is 12.4. The van der Waals surface area contributed by atoms with Gasteiger partial charge in [0.15, 0.2) is 0 Å². The summed E-state index contributed by atoms with van der Waals surface area (Å²) < 4.78 is 29.9. The maximum absolute atomic E-state index is 12.2. The highest BCUT2D eigenvalue weighted by molar-refractivity contribution is 7.88. The van der Waals surface area contributed by atoms with Crippen LogP contribution in [-0.4, -0.2) is 42.0 Å². The maximum Gasteiger partial charge on any atom is 0.318 e. The molecule has 1 N–H and O–H groups in total. The molecule has 108 valence electrons. The van der Waals surface area contributed by atoms with E-state index in [0.29, 0.717) is 0 Å². The minimum Gasteiger partial charge on any atom is -0.480 e. The fourth-order valence-electron chi connectivity index (χ4n) is 1.52. The highest BCUT2D eigenvalue weighted by Gasteiger charge is 2.29. The van der Waals surface area contributed by atoms with Crippen molar-refractivity contribution in [1.82, 2.24) is 9.46 Å². The van der Waals surface area contributed by atoms with E-state index < -0.39 is 22.5 Å². The molecule has 1 heterocycles. The van der Waals surface area contributed by atoms with E-state index in [2.05, 4.69) is 9.68 Å². The number of hydrogen-bond donors (Lipinski definition) is 1. The van der Waals surface area contributed by atoms with Crippen LogP contribution in [0.2, 0.25) is 0 Å². The van der Waals surface area contributed by atoms with Gasteiger partial charge < -0.3 is 9.63 Å². The molecule has 0 fully saturated rings. The molecular weight excluding hydrogens is 272 g/mol. The zero-order valence-corrected chi connectivity index (χ0v) is 12.0. The smallest absolute Gasteiger partial charge is 0.318 e. The van der Waals surface area contributed by atoms with Crippen LogP contribution in [0.15, 0.2) is 16.9 Å². The van der Waals surface area contributed by atoms with Crippen molar-refractivity contribution < 1.29 is 22.8 Å². The van der Waals surface area contributed by atoms with E-state index in [4.69, 9.17) is 5.11 Å². The van der Waals surface area contributed by atoms with E-state index in [-0.39, 0.29) is 23.4 Å². The summed E-state index contributed by atoms with van der Waals surface area (Å²) in [6.45, 7) is 5.09. The lowest BCUT2D eigenvalue weighted by atomic mass is 9.97. The van der Waals surface area contributed by atoms with Gasteiger partial charge in [0.25, 0.3) is 0 Å². The molecule has 19 heavy (non-hydrogen) atoms. The predicted octanol–water partition coefficient (Wildman–Crippen LogP) is 0.937. The van der Waals surface area contributed by atoms with Crippen LogP contribution in [0, 0.1) is 5.41 Å². The fourth-order valence-corrected chi connectivity index (χ4v) is 3.12. The van der Waals surface area contributed by atoms with Gasteiger partial charge in [-0.15, -0.1) is 0 Å². The summed E-state index contributed by atoms with van der Waals surface area (Å²) in [4.78, 5) is 10.8. The molecule has 8 heteroatoms. The third-order valence-corrected chi connectivity index (χ3v) is 3.88. The molecule has 0 aromatic carbocycles. The molecule has 1 rings (SSSR count). The van der Waals surface area contributed by atoms with Gasteiger partial charge >= 0.3 is 5.97 Å². The van der Waals surface area contributed by atoms with Crippen molar-refractivity contribution in [3.63, 3.8) is 0 Å². The molecule has 0 atom stereocenters. The summed E-state index contributed by atoms with van der Waals surface area (Å²) >= 11 is 0. The van der Waals surface area contributed by atoms with Crippen molar-refractivity contribution in [3.05, 3.63) is 18.0 Å². The maximum atomic E-state index is 12.2. The molecule has 0 radical (unpaired) electrons. The van der Waals surface area contributed by atoms with Gasteiger partial charge in [0.2, 0.25) is 10.0 Å². The van der Waals surface area contributed by atoms with Crippen LogP contribution in [0.25, 0.3) is 0 Å². The van der Waals surface area contributed by atoms with Gasteiger partial charge in [-0.25, -0.2) is 8.42 Å². The Balaban J connectivity index is 2.91. The van der Waals surface area contributed by atoms with Crippen molar-refractivity contribution in [2.45, 2.75) is 26.5 Å². The first kappa shape index (κ1) is 15.6. The van der Waals surface area contributed by atoms with Crippen molar-refractivity contribution >= 4 is 16.0 Å². The molecule has 7 nitrogen and oxygen atoms in total. The fraction of sp³-hybridized carbons (Fsp3) is 0.636. The van der Waals surface area contributed by atoms with Gasteiger partial charge in [-0.3, -0.25) is 4.79 Å². The molecule has 1 aromatic rings. The SMILES string of the molecule is CC(C)(C)CN(CC(=O)O)S(=O)(=O)Cc1ccon1. The Bertz CT molecular complexity index is 516. The molecular formula is C11H18N2O5S. The summed E-state index contributed by atoms with van der Waals surface area (Å²) in [5.74, 6) is -1.56. The van der Waals surface area contributed by atoms with Crippen molar-refractivity contribution in [2.75, 3.05) is 13.1 Å². The summed E-state index contributed by atoms with van der Waals surface area (Å²) in [6, 6.07) is 1.44. The number of hydrogen-bond acceptors (Lipinski definition) is 5. The molecule has 0 saturated heterocycles. The molecule has 0 amide bonds. The van der Waals surface area contributed by atoms with Gasteiger partial charge in [0.05, 0.1) is 5.69 Å². The average molecular weight is 290 g/mol. The lowest BCUT2D eigenvalue weighted by molar-refractivity contribution is -0.137. The number of nitrogens with zero attached hydrogens (tertiary/aromatic N) is 2. The van der Waals surface area contributed by atoms with E-state index in [1.165, 1.54) is 12.3 Å². The third kappa shape index (κ3) is 5.39. The third-order valence-electron chi connectivity index (χ3n) is 2.18. The Kier molecular flexibility index (Phi) is 4.70. The number of aromatic nitrogens is 1. The summed E-state index contributed by atoms with van der Waals surface area (Å²) in [5.41, 5.74) is -0.0869. The van der Waals surface area contributed by atoms with Crippen LogP contribution < -0.4 is 0 Å². The molecule has 0 bridgehead atoms. The highest BCUT2D eigenvalue weighted by atomic mass is 32.2. The number of carbonyl (C=O) groups is 1. The predicted molar refractivity (Wildman–Crippen MR) is 67.8 cm³/mol. The van der Waals surface area contributed by atoms with Gasteiger partial charge in [0, 0.05) is 12.6 Å². The average Bonchev–Trinajstić information content (AvgIpc) is 2.65. The summed E-state index contributed by atoms with van der Waals surface area (Å²) in [6.07, 6.45) is 1.27. The van der Waals surface area contributed by atoms with E-state index in [0.717, 1.165) is 4.31 Å². The molecule has 0 aliphatic carbocycles. The van der Waals surface area contributed by atoms with Crippen molar-refractivity contribution in [1.29, 1.82) is 0 Å². The van der Waals surface area contributed by atoms with E-state index >= 15 is 0 Å². The van der Waals surface area contributed by atoms with Crippen LogP contribution >= 0.6 is 0 Å².